The molecule has 0 aliphatic heterocycles. The van der Waals surface area contributed by atoms with Gasteiger partial charge in [0, 0.05) is 26.7 Å². The predicted octanol–water partition coefficient (Wildman–Crippen LogP) is 2.53. The van der Waals surface area contributed by atoms with Crippen LogP contribution in [0.3, 0.4) is 0 Å². The van der Waals surface area contributed by atoms with E-state index < -0.39 is 0 Å². The number of likely N-dealkylation sites (N-methyl/N-ethyl adjacent to an activating group) is 1. The summed E-state index contributed by atoms with van der Waals surface area (Å²) in [5.41, 5.74) is 0.865. The molecule has 0 heterocycles. The fourth-order valence-electron chi connectivity index (χ4n) is 2.50. The fraction of sp³-hybridized carbons (Fsp3) is 0.350. The maximum atomic E-state index is 10.0. The molecule has 2 N–H and O–H groups in total. The quantitative estimate of drug-likeness (QED) is 0.561. The van der Waals surface area contributed by atoms with Crippen LogP contribution in [-0.4, -0.2) is 56.9 Å². The largest absolute Gasteiger partial charge is 0.508 e. The van der Waals surface area contributed by atoms with Gasteiger partial charge in [-0.1, -0.05) is 24.3 Å². The Morgan fingerprint density at radius 2 is 1.92 bits per heavy atom. The van der Waals surface area contributed by atoms with Crippen LogP contribution in [0.4, 0.5) is 0 Å². The lowest BCUT2D eigenvalue weighted by atomic mass is 10.1. The summed E-state index contributed by atoms with van der Waals surface area (Å²) >= 11 is 0. The number of aliphatic imine (C=N–C) groups is 1. The molecule has 0 radical (unpaired) electrons. The number of para-hydroxylation sites is 1. The Morgan fingerprint density at radius 1 is 1.15 bits per heavy atom. The Morgan fingerprint density at radius 3 is 2.58 bits per heavy atom. The molecule has 0 spiro atoms. The molecule has 6 nitrogen and oxygen atoms in total. The molecule has 2 aromatic carbocycles. The van der Waals surface area contributed by atoms with E-state index in [1.165, 1.54) is 0 Å². The van der Waals surface area contributed by atoms with Gasteiger partial charge in [0.25, 0.3) is 0 Å². The summed E-state index contributed by atoms with van der Waals surface area (Å²) in [6.07, 6.45) is 0.684. The van der Waals surface area contributed by atoms with Gasteiger partial charge in [0.05, 0.1) is 13.7 Å². The van der Waals surface area contributed by atoms with Gasteiger partial charge >= 0.3 is 0 Å². The Kier molecular flexibility index (Phi) is 7.61. The minimum absolute atomic E-state index is 0.241. The molecule has 0 aliphatic rings. The zero-order valence-electron chi connectivity index (χ0n) is 15.6. The third-order valence-electron chi connectivity index (χ3n) is 3.98. The van der Waals surface area contributed by atoms with Crippen molar-refractivity contribution in [2.45, 2.75) is 6.42 Å². The normalized spacial score (nSPS) is 11.1. The summed E-state index contributed by atoms with van der Waals surface area (Å²) in [6.45, 7) is 1.94. The van der Waals surface area contributed by atoms with Gasteiger partial charge < -0.3 is 24.8 Å². The smallest absolute Gasteiger partial charge is 0.193 e. The van der Waals surface area contributed by atoms with Crippen molar-refractivity contribution in [3.63, 3.8) is 0 Å². The average molecular weight is 357 g/mol. The van der Waals surface area contributed by atoms with Gasteiger partial charge in [-0.15, -0.1) is 0 Å². The second-order valence-corrected chi connectivity index (χ2v) is 5.80. The van der Waals surface area contributed by atoms with Crippen LogP contribution in [0.1, 0.15) is 5.56 Å². The molecule has 0 amide bonds. The molecule has 0 bridgehead atoms. The molecule has 140 valence electrons. The molecule has 2 aromatic rings. The van der Waals surface area contributed by atoms with Gasteiger partial charge in [-0.2, -0.15) is 0 Å². The maximum Gasteiger partial charge on any atom is 0.193 e. The molecule has 0 saturated carbocycles. The van der Waals surface area contributed by atoms with Crippen molar-refractivity contribution in [3.8, 4) is 17.2 Å². The van der Waals surface area contributed by atoms with Crippen molar-refractivity contribution in [3.05, 3.63) is 54.1 Å². The van der Waals surface area contributed by atoms with Crippen LogP contribution in [0.2, 0.25) is 0 Å². The lowest BCUT2D eigenvalue weighted by Crippen LogP contribution is -2.41. The van der Waals surface area contributed by atoms with Gasteiger partial charge in [0.1, 0.15) is 23.9 Å². The predicted molar refractivity (Wildman–Crippen MR) is 104 cm³/mol. The van der Waals surface area contributed by atoms with Crippen LogP contribution in [0.5, 0.6) is 17.2 Å². The first-order valence-corrected chi connectivity index (χ1v) is 8.59. The molecule has 6 heteroatoms. The number of hydrogen-bond acceptors (Lipinski definition) is 4. The van der Waals surface area contributed by atoms with E-state index >= 15 is 0 Å². The minimum Gasteiger partial charge on any atom is -0.508 e. The number of guanidine groups is 1. The minimum atomic E-state index is 0.241. The highest BCUT2D eigenvalue weighted by Gasteiger charge is 2.07. The van der Waals surface area contributed by atoms with E-state index in [4.69, 9.17) is 9.47 Å². The zero-order valence-corrected chi connectivity index (χ0v) is 15.6. The van der Waals surface area contributed by atoms with Crippen LogP contribution < -0.4 is 14.8 Å². The third kappa shape index (κ3) is 5.88. The number of hydrogen-bond donors (Lipinski definition) is 2. The van der Waals surface area contributed by atoms with Gasteiger partial charge in [-0.05, 0) is 30.2 Å². The number of methoxy groups -OCH3 is 1. The third-order valence-corrected chi connectivity index (χ3v) is 3.98. The molecule has 0 unspecified atom stereocenters. The van der Waals surface area contributed by atoms with E-state index in [1.54, 1.807) is 20.2 Å². The molecule has 0 saturated heterocycles. The second kappa shape index (κ2) is 10.2. The molecule has 0 fully saturated rings. The molecular weight excluding hydrogens is 330 g/mol. The highest BCUT2D eigenvalue weighted by Crippen LogP contribution is 2.23. The highest BCUT2D eigenvalue weighted by molar-refractivity contribution is 5.79. The van der Waals surface area contributed by atoms with Crippen molar-refractivity contribution >= 4 is 5.96 Å². The second-order valence-electron chi connectivity index (χ2n) is 5.80. The van der Waals surface area contributed by atoms with Crippen molar-refractivity contribution < 1.29 is 14.6 Å². The molecule has 0 atom stereocenters. The fourth-order valence-corrected chi connectivity index (χ4v) is 2.50. The lowest BCUT2D eigenvalue weighted by molar-refractivity contribution is 0.281. The van der Waals surface area contributed by atoms with E-state index in [0.717, 1.165) is 17.3 Å². The maximum absolute atomic E-state index is 10.0. The topological polar surface area (TPSA) is 66.3 Å². The molecule has 2 rings (SSSR count). The molecule has 0 aromatic heterocycles. The van der Waals surface area contributed by atoms with E-state index in [0.29, 0.717) is 31.9 Å². The number of aromatic hydroxyl groups is 1. The monoisotopic (exact) mass is 357 g/mol. The number of nitrogens with zero attached hydrogens (tertiary/aromatic N) is 2. The van der Waals surface area contributed by atoms with Crippen LogP contribution in [0.15, 0.2) is 53.5 Å². The summed E-state index contributed by atoms with van der Waals surface area (Å²) in [5.74, 6) is 2.53. The molecule has 26 heavy (non-hydrogen) atoms. The van der Waals surface area contributed by atoms with Crippen LogP contribution >= 0.6 is 0 Å². The van der Waals surface area contributed by atoms with Gasteiger partial charge in [-0.25, -0.2) is 0 Å². The Hall–Kier alpha value is -2.89. The van der Waals surface area contributed by atoms with Crippen molar-refractivity contribution in [1.82, 2.24) is 10.2 Å². The summed E-state index contributed by atoms with van der Waals surface area (Å²) in [7, 11) is 5.30. The number of nitrogens with one attached hydrogen (secondary N) is 1. The summed E-state index contributed by atoms with van der Waals surface area (Å²) in [4.78, 5) is 6.30. The van der Waals surface area contributed by atoms with E-state index in [9.17, 15) is 5.11 Å². The van der Waals surface area contributed by atoms with E-state index in [1.807, 2.05) is 54.4 Å². The number of ether oxygens (including phenoxy) is 2. The van der Waals surface area contributed by atoms with Crippen molar-refractivity contribution in [1.29, 1.82) is 0 Å². The SMILES string of the molecule is CN=C(NCCc1ccc(OC)cc1O)N(C)CCOc1ccccc1. The number of phenols is 1. The van der Waals surface area contributed by atoms with Crippen molar-refractivity contribution in [2.75, 3.05) is 40.9 Å². The Balaban J connectivity index is 1.76. The van der Waals surface area contributed by atoms with Gasteiger partial charge in [0.15, 0.2) is 5.96 Å². The van der Waals surface area contributed by atoms with E-state index in [-0.39, 0.29) is 5.75 Å². The first kappa shape index (κ1) is 19.4. The first-order chi connectivity index (χ1) is 12.6. The van der Waals surface area contributed by atoms with Crippen LogP contribution in [-0.2, 0) is 6.42 Å². The van der Waals surface area contributed by atoms with Crippen LogP contribution in [0.25, 0.3) is 0 Å². The average Bonchev–Trinajstić information content (AvgIpc) is 2.67. The van der Waals surface area contributed by atoms with Gasteiger partial charge in [-0.3, -0.25) is 4.99 Å². The molecule has 0 aliphatic carbocycles. The molecular formula is C20H27N3O3. The van der Waals surface area contributed by atoms with Gasteiger partial charge in [0.2, 0.25) is 0 Å². The van der Waals surface area contributed by atoms with Crippen molar-refractivity contribution in [2.24, 2.45) is 4.99 Å². The lowest BCUT2D eigenvalue weighted by Gasteiger charge is -2.22. The van der Waals surface area contributed by atoms with E-state index in [2.05, 4.69) is 10.3 Å². The standard InChI is InChI=1S/C20H27N3O3/c1-21-20(23(2)13-14-26-17-7-5-4-6-8-17)22-12-11-16-9-10-18(25-3)15-19(16)24/h4-10,15,24H,11-14H2,1-3H3,(H,21,22). The summed E-state index contributed by atoms with van der Waals surface area (Å²) in [5, 5.41) is 13.3. The summed E-state index contributed by atoms with van der Waals surface area (Å²) < 4.78 is 10.8. The van der Waals surface area contributed by atoms with Crippen LogP contribution in [0, 0.1) is 0 Å². The number of benzene rings is 2. The zero-order chi connectivity index (χ0) is 18.8. The Labute approximate surface area is 155 Å². The summed E-state index contributed by atoms with van der Waals surface area (Å²) in [6, 6.07) is 15.1. The number of phenolic OH excluding ortho intramolecular Hbond substituents is 1. The first-order valence-electron chi connectivity index (χ1n) is 8.59. The Bertz CT molecular complexity index is 705. The highest BCUT2D eigenvalue weighted by atomic mass is 16.5. The number of rotatable bonds is 8.